The summed E-state index contributed by atoms with van der Waals surface area (Å²) in [5.74, 6) is -5.00. The summed E-state index contributed by atoms with van der Waals surface area (Å²) in [6, 6.07) is 5.17. The van der Waals surface area contributed by atoms with Gasteiger partial charge in [-0.2, -0.15) is 5.10 Å². The van der Waals surface area contributed by atoms with Crippen LogP contribution in [0.1, 0.15) is 88.0 Å². The van der Waals surface area contributed by atoms with Gasteiger partial charge in [-0.05, 0) is 113 Å². The van der Waals surface area contributed by atoms with E-state index in [4.69, 9.17) is 9.47 Å². The summed E-state index contributed by atoms with van der Waals surface area (Å²) in [5.41, 5.74) is -6.74. The minimum absolute atomic E-state index is 0.0232. The maximum Gasteiger partial charge on any atom is 0.350 e. The number of ketones is 3. The smallest absolute Gasteiger partial charge is 0.350 e. The first kappa shape index (κ1) is 41.1. The number of allylic oxidation sites excluding steroid dienone is 2. The third-order valence-corrected chi connectivity index (χ3v) is 13.9. The Morgan fingerprint density at radius 2 is 1.68 bits per heavy atom. The van der Waals surface area contributed by atoms with Crippen LogP contribution in [0.4, 0.5) is 4.39 Å². The van der Waals surface area contributed by atoms with Gasteiger partial charge in [0.2, 0.25) is 0 Å². The Kier molecular flexibility index (Phi) is 9.93. The second-order valence-electron chi connectivity index (χ2n) is 18.1. The number of aliphatic hydroxyl groups excluding tert-OH is 1. The van der Waals surface area contributed by atoms with Gasteiger partial charge in [-0.15, -0.1) is 0 Å². The molecule has 0 amide bonds. The van der Waals surface area contributed by atoms with Gasteiger partial charge in [0.15, 0.2) is 17.7 Å². The molecule has 3 saturated carbocycles. The number of halogens is 1. The van der Waals surface area contributed by atoms with Crippen molar-refractivity contribution in [1.82, 2.24) is 14.3 Å². The van der Waals surface area contributed by atoms with Crippen molar-refractivity contribution < 1.29 is 48.0 Å². The van der Waals surface area contributed by atoms with Crippen LogP contribution in [0.25, 0.3) is 5.69 Å². The maximum absolute atomic E-state index is 14.8. The number of rotatable bonds is 9. The number of nitrogens with zero attached hydrogens (tertiary/aromatic N) is 3. The van der Waals surface area contributed by atoms with Crippen LogP contribution in [0.5, 0.6) is 0 Å². The number of benzene rings is 1. The van der Waals surface area contributed by atoms with E-state index in [9.17, 15) is 43.4 Å². The van der Waals surface area contributed by atoms with Gasteiger partial charge in [0.25, 0.3) is 0 Å². The van der Waals surface area contributed by atoms with Crippen molar-refractivity contribution in [2.24, 2.45) is 39.4 Å². The van der Waals surface area contributed by atoms with Crippen molar-refractivity contribution in [3.63, 3.8) is 0 Å². The molecule has 3 fully saturated rings. The fourth-order valence-corrected chi connectivity index (χ4v) is 11.0. The number of Topliss-reactive ketones (excluding diaryl/α,β-unsaturated/α-hetero) is 2. The number of carbonyl (C=O) groups is 5. The number of hydrogen-bond donors (Lipinski definition) is 2. The Labute approximate surface area is 324 Å². The molecule has 0 spiro atoms. The summed E-state index contributed by atoms with van der Waals surface area (Å²) in [4.78, 5) is 80.5. The number of hydrogen-bond acceptors (Lipinski definition) is 11. The molecule has 0 radical (unpaired) electrons. The molecular formula is C42H52FN3O10. The maximum atomic E-state index is 14.8. The summed E-state index contributed by atoms with van der Waals surface area (Å²) in [6.07, 6.45) is 3.94. The Morgan fingerprint density at radius 3 is 2.30 bits per heavy atom. The van der Waals surface area contributed by atoms with Gasteiger partial charge in [0.1, 0.15) is 35.7 Å². The van der Waals surface area contributed by atoms with Gasteiger partial charge in [-0.3, -0.25) is 24.0 Å². The molecule has 1 aromatic heterocycles. The zero-order chi connectivity index (χ0) is 41.6. The van der Waals surface area contributed by atoms with Crippen LogP contribution in [-0.4, -0.2) is 77.3 Å². The van der Waals surface area contributed by atoms with E-state index in [2.05, 4.69) is 5.10 Å². The lowest BCUT2D eigenvalue weighted by atomic mass is 9.38. The van der Waals surface area contributed by atoms with Crippen LogP contribution in [0, 0.1) is 45.2 Å². The molecule has 56 heavy (non-hydrogen) atoms. The number of fused-ring (bicyclic) bond motifs is 5. The van der Waals surface area contributed by atoms with Gasteiger partial charge >= 0.3 is 17.6 Å². The molecule has 4 aliphatic rings. The molecule has 0 bridgehead atoms. The van der Waals surface area contributed by atoms with Crippen LogP contribution >= 0.6 is 0 Å². The van der Waals surface area contributed by atoms with Crippen LogP contribution in [-0.2, 0) is 40.0 Å². The molecule has 1 heterocycles. The number of aliphatic hydroxyl groups is 2. The second kappa shape index (κ2) is 13.5. The molecule has 0 aliphatic heterocycles. The minimum Gasteiger partial charge on any atom is -0.456 e. The summed E-state index contributed by atoms with van der Waals surface area (Å²) >= 11 is 0. The van der Waals surface area contributed by atoms with Crippen molar-refractivity contribution in [3.8, 4) is 5.69 Å². The van der Waals surface area contributed by atoms with Crippen molar-refractivity contribution >= 4 is 29.3 Å². The first-order chi connectivity index (χ1) is 25.8. The van der Waals surface area contributed by atoms with Crippen LogP contribution in [0.2, 0.25) is 0 Å². The van der Waals surface area contributed by atoms with Crippen LogP contribution < -0.4 is 5.69 Å². The molecule has 2 N–H and O–H groups in total. The summed E-state index contributed by atoms with van der Waals surface area (Å²) < 4.78 is 26.6. The second-order valence-corrected chi connectivity index (χ2v) is 18.1. The van der Waals surface area contributed by atoms with E-state index in [1.807, 2.05) is 26.8 Å². The predicted molar refractivity (Wildman–Crippen MR) is 199 cm³/mol. The summed E-state index contributed by atoms with van der Waals surface area (Å²) in [6.45, 7) is 14.5. The molecule has 1 unspecified atom stereocenters. The largest absolute Gasteiger partial charge is 0.456 e. The van der Waals surface area contributed by atoms with Crippen LogP contribution in [0.15, 0.2) is 59.2 Å². The molecule has 6 rings (SSSR count). The predicted octanol–water partition coefficient (Wildman–Crippen LogP) is 4.24. The van der Waals surface area contributed by atoms with Crippen LogP contribution in [0.3, 0.4) is 0 Å². The van der Waals surface area contributed by atoms with E-state index in [1.165, 1.54) is 50.5 Å². The molecule has 4 aliphatic carbocycles. The van der Waals surface area contributed by atoms with Crippen molar-refractivity contribution in [2.75, 3.05) is 0 Å². The van der Waals surface area contributed by atoms with E-state index in [1.54, 1.807) is 27.7 Å². The first-order valence-electron chi connectivity index (χ1n) is 19.0. The van der Waals surface area contributed by atoms with Gasteiger partial charge in [-0.1, -0.05) is 32.4 Å². The zero-order valence-electron chi connectivity index (χ0n) is 33.4. The molecule has 2 aromatic rings. The number of ether oxygens (including phenoxy) is 2. The SMILES string of the molecule is CC(=O)OC(C)(C)/C=C/C(=O)[C@](C)(O)C1[C@H](O)C[C@@]2(C)[C@@H]3CC=C4[C@@H](C[C@H](OC(=O)Cn5ncn(-c6ccc(F)cc6)c5=O)C(=O)C4(C)C)[C@]3(C)C(=O)C[C@]12C. The number of aromatic nitrogens is 3. The van der Waals surface area contributed by atoms with Gasteiger partial charge in [0.05, 0.1) is 11.8 Å². The molecule has 9 atom stereocenters. The normalized spacial score (nSPS) is 33.5. The molecule has 1 aromatic carbocycles. The lowest BCUT2D eigenvalue weighted by molar-refractivity contribution is -0.185. The minimum atomic E-state index is -2.09. The van der Waals surface area contributed by atoms with E-state index >= 15 is 0 Å². The molecule has 14 heteroatoms. The average molecular weight is 778 g/mol. The van der Waals surface area contributed by atoms with E-state index < -0.39 is 92.7 Å². The van der Waals surface area contributed by atoms with E-state index in [0.29, 0.717) is 12.1 Å². The Bertz CT molecular complexity index is 2110. The summed E-state index contributed by atoms with van der Waals surface area (Å²) in [7, 11) is 0. The Hall–Kier alpha value is -4.56. The molecule has 13 nitrogen and oxygen atoms in total. The number of esters is 2. The molecular weight excluding hydrogens is 725 g/mol. The lowest BCUT2D eigenvalue weighted by Gasteiger charge is -2.64. The average Bonchev–Trinajstić information content (AvgIpc) is 3.54. The highest BCUT2D eigenvalue weighted by atomic mass is 19.1. The van der Waals surface area contributed by atoms with Gasteiger partial charge < -0.3 is 19.7 Å². The van der Waals surface area contributed by atoms with Crippen molar-refractivity contribution in [3.05, 3.63) is 70.7 Å². The fraction of sp³-hybridized carbons (Fsp3) is 0.595. The van der Waals surface area contributed by atoms with E-state index in [-0.39, 0.29) is 36.7 Å². The third kappa shape index (κ3) is 6.32. The standard InChI is InChI=1S/C42H52FN3O10/c1-23(47)56-37(2,3)17-16-31(49)42(9,54)34-28(48)19-39(6)30-15-14-26-27(41(30,8)32(50)20-40(34,39)7)18-29(35(52)38(26,4)5)55-33(51)21-46-36(53)45(22-44-46)25-12-10-24(43)11-13-25/h10-14,16-17,22,27-30,34,48,54H,15,18-21H2,1-9H3/b17-16+/t27-,28-,29+,30+,34?,39+,40-,41+,42+/m1/s1. The van der Waals surface area contributed by atoms with Gasteiger partial charge in [0, 0.05) is 30.1 Å². The highest BCUT2D eigenvalue weighted by Gasteiger charge is 2.74. The van der Waals surface area contributed by atoms with Gasteiger partial charge in [-0.25, -0.2) is 18.4 Å². The molecule has 0 saturated heterocycles. The molecule has 302 valence electrons. The zero-order valence-corrected chi connectivity index (χ0v) is 33.4. The fourth-order valence-electron chi connectivity index (χ4n) is 11.0. The Morgan fingerprint density at radius 1 is 1.04 bits per heavy atom. The third-order valence-electron chi connectivity index (χ3n) is 13.9. The number of carbonyl (C=O) groups excluding carboxylic acids is 5. The van der Waals surface area contributed by atoms with Crippen molar-refractivity contribution in [1.29, 1.82) is 0 Å². The highest BCUT2D eigenvalue weighted by molar-refractivity contribution is 5.98. The lowest BCUT2D eigenvalue weighted by Crippen LogP contribution is -2.65. The first-order valence-corrected chi connectivity index (χ1v) is 19.0. The topological polar surface area (TPSA) is 184 Å². The van der Waals surface area contributed by atoms with Crippen molar-refractivity contribution in [2.45, 2.75) is 118 Å². The van der Waals surface area contributed by atoms with E-state index in [0.717, 1.165) is 20.9 Å². The summed E-state index contributed by atoms with van der Waals surface area (Å²) in [5, 5.41) is 27.8. The highest BCUT2D eigenvalue weighted by Crippen LogP contribution is 2.74. The monoisotopic (exact) mass is 777 g/mol. The Balaban J connectivity index is 1.27. The quantitative estimate of drug-likeness (QED) is 0.211.